The first kappa shape index (κ1) is 108. The summed E-state index contributed by atoms with van der Waals surface area (Å²) in [5.74, 6) is 0. The molecule has 0 amide bonds. The Morgan fingerprint density at radius 3 is 0.227 bits per heavy atom. The summed E-state index contributed by atoms with van der Waals surface area (Å²) in [4.78, 5) is 0. The van der Waals surface area contributed by atoms with Crippen LogP contribution in [0.25, 0.3) is 0 Å². The molecule has 0 aliphatic rings. The Hall–Kier alpha value is 2.81. The molecule has 0 atom stereocenters. The van der Waals surface area contributed by atoms with Gasteiger partial charge in [-0.2, -0.15) is 0 Å². The van der Waals surface area contributed by atoms with Crippen molar-refractivity contribution in [3.05, 3.63) is 0 Å². The van der Waals surface area contributed by atoms with Gasteiger partial charge in [-0.15, -0.1) is 0 Å². The molecule has 0 radical (unpaired) electrons. The predicted molar refractivity (Wildman–Crippen MR) is 479 cm³/mol. The molecule has 0 fully saturated rings. The van der Waals surface area contributed by atoms with E-state index in [1.807, 2.05) is 0 Å². The van der Waals surface area contributed by atoms with Crippen LogP contribution in [0.1, 0.15) is 415 Å². The summed E-state index contributed by atoms with van der Waals surface area (Å²) >= 11 is 25.1. The Bertz CT molecular complexity index is 2240. The fourth-order valence-electron chi connectivity index (χ4n) is 27.4. The Kier molecular flexibility index (Phi) is 33.0. The van der Waals surface area contributed by atoms with E-state index in [1.54, 1.807) is 0 Å². The number of hydrogen-bond acceptors (Lipinski definition) is 8. The van der Waals surface area contributed by atoms with Gasteiger partial charge in [0.05, 0.1) is 22.4 Å². The second kappa shape index (κ2) is 29.6. The van der Waals surface area contributed by atoms with Crippen LogP contribution >= 0.6 is 35.0 Å². The Balaban J connectivity index is -0.000000386. The fraction of sp³-hybridized carbons (Fsp3) is 0.952. The van der Waals surface area contributed by atoms with Gasteiger partial charge in [-0.3, -0.25) is 0 Å². The first-order valence-corrected chi connectivity index (χ1v) is 46.3. The van der Waals surface area contributed by atoms with Crippen LogP contribution in [0.4, 0.5) is 0 Å². The van der Waals surface area contributed by atoms with E-state index in [2.05, 4.69) is 415 Å². The van der Waals surface area contributed by atoms with Crippen molar-refractivity contribution >= 4 is 103 Å². The SMILES string of the molecule is CC(C)(C)OC([S-])=S(C(C)(C)C)(C(C)(C)C)(C(C)(C)C)C(C)(C)C.CC(C)(C)OC([S-])=S(C(C)(C)C)(C(C)(C)C)(C(C)(C)C)C(C)(C)C.CC(C)(C)OC([S-])=S(C(C)(C)C)(C(C)(C)C)(C(C)(C)C)C(C)(C)C.CC(C)(C)OC([S-])=S(C(C)(C)C)(C(C)(C)C)(C(C)(C)C)C(C)(C)C.[Mo+4]. The van der Waals surface area contributed by atoms with Crippen molar-refractivity contribution in [3.63, 3.8) is 0 Å². The molecule has 0 rings (SSSR count). The van der Waals surface area contributed by atoms with E-state index in [4.69, 9.17) is 69.5 Å². The minimum absolute atomic E-state index is 0. The molecule has 594 valence electrons. The summed E-state index contributed by atoms with van der Waals surface area (Å²) in [6.07, 6.45) is 0. The number of rotatable bonds is 0. The zero-order valence-electron chi connectivity index (χ0n) is 77.3. The number of hydrogen-bond donors (Lipinski definition) is 0. The molecule has 0 heterocycles. The van der Waals surface area contributed by atoms with E-state index >= 15 is 0 Å². The maximum absolute atomic E-state index is 6.59. The van der Waals surface area contributed by atoms with E-state index in [1.165, 1.54) is 0 Å². The second-order valence-corrected chi connectivity index (χ2v) is 79.5. The largest absolute Gasteiger partial charge is 4.00 e. The van der Waals surface area contributed by atoms with Gasteiger partial charge in [-0.25, -0.2) is 35.0 Å². The molecule has 0 saturated carbocycles. The summed E-state index contributed by atoms with van der Waals surface area (Å²) in [6, 6.07) is 0. The fourth-order valence-corrected chi connectivity index (χ4v) is 94.1. The maximum atomic E-state index is 6.59. The molecule has 0 aliphatic heterocycles. The molecule has 0 N–H and O–H groups in total. The van der Waals surface area contributed by atoms with Crippen LogP contribution in [0.5, 0.6) is 0 Å². The predicted octanol–water partition coefficient (Wildman–Crippen LogP) is 27.9. The van der Waals surface area contributed by atoms with E-state index < -0.39 is 35.0 Å². The molecule has 4 nitrogen and oxygen atoms in total. The van der Waals surface area contributed by atoms with E-state index in [0.717, 1.165) is 17.5 Å². The van der Waals surface area contributed by atoms with Crippen molar-refractivity contribution in [2.45, 2.75) is 514 Å². The zero-order valence-corrected chi connectivity index (χ0v) is 85.8. The van der Waals surface area contributed by atoms with Crippen molar-refractivity contribution in [2.24, 2.45) is 0 Å². The van der Waals surface area contributed by atoms with Gasteiger partial charge in [0.25, 0.3) is 0 Å². The van der Waals surface area contributed by atoms with Crippen LogP contribution in [0, 0.1) is 0 Å². The summed E-state index contributed by atoms with van der Waals surface area (Å²) in [6.45, 7) is 140. The third-order valence-electron chi connectivity index (χ3n) is 22.5. The van der Waals surface area contributed by atoms with Gasteiger partial charge in [0, 0.05) is 0 Å². The molecular weight excluding hydrogens is 1430 g/mol. The van der Waals surface area contributed by atoms with E-state index in [9.17, 15) is 0 Å². The summed E-state index contributed by atoms with van der Waals surface area (Å²) in [5.41, 5.74) is -1.16. The van der Waals surface area contributed by atoms with Crippen LogP contribution in [0.15, 0.2) is 0 Å². The van der Waals surface area contributed by atoms with Crippen molar-refractivity contribution in [3.8, 4) is 0 Å². The van der Waals surface area contributed by atoms with Crippen molar-refractivity contribution in [1.82, 2.24) is 0 Å². The van der Waals surface area contributed by atoms with Gasteiger partial charge in [-0.1, -0.05) is 350 Å². The Labute approximate surface area is 650 Å². The molecule has 0 bridgehead atoms. The zero-order chi connectivity index (χ0) is 80.9. The minimum atomic E-state index is -2.52. The quantitative estimate of drug-likeness (QED) is 0.135. The molecule has 0 unspecified atom stereocenters. The molecule has 0 aromatic rings. The van der Waals surface area contributed by atoms with Crippen molar-refractivity contribution < 1.29 is 40.0 Å². The van der Waals surface area contributed by atoms with Crippen LogP contribution in [-0.2, 0) is 90.5 Å². The molecule has 97 heavy (non-hydrogen) atoms. The van der Waals surface area contributed by atoms with Crippen molar-refractivity contribution in [2.75, 3.05) is 0 Å². The topological polar surface area (TPSA) is 36.9 Å². The Morgan fingerprint density at radius 2 is 0.196 bits per heavy atom. The van der Waals surface area contributed by atoms with E-state index in [0.29, 0.717) is 0 Å². The second-order valence-electron chi connectivity index (χ2n) is 47.7. The normalized spacial score (nSPS) is 17.2. The smallest absolute Gasteiger partial charge is 0.726 e. The first-order chi connectivity index (χ1) is 40.0. The molecule has 0 aromatic heterocycles. The molecule has 13 heteroatoms. The molecule has 0 aliphatic carbocycles. The van der Waals surface area contributed by atoms with Crippen LogP contribution in [0.2, 0.25) is 0 Å². The third-order valence-corrected chi connectivity index (χ3v) is 69.0. The molecule has 0 aromatic carbocycles. The average molecular weight is 1610 g/mol. The van der Waals surface area contributed by atoms with Gasteiger partial charge in [-0.05, 0) is 159 Å². The standard InChI is InChI=1S/4C21H46OS2.Mo/c4*1-17(2,3)22-16(23)24(18(4,5)6,19(7,8)9,20(10,11)12)21(13,14)15;/h4*23H,1-15H3;/q;;;;+4/p-4. The van der Waals surface area contributed by atoms with Gasteiger partial charge in [0.2, 0.25) is 0 Å². The van der Waals surface area contributed by atoms with Gasteiger partial charge < -0.3 is 69.5 Å². The summed E-state index contributed by atoms with van der Waals surface area (Å²) < 4.78 is 29.7. The molecule has 0 saturated heterocycles. The monoisotopic (exact) mass is 1610 g/mol. The van der Waals surface area contributed by atoms with Crippen LogP contribution in [0.3, 0.4) is 0 Å². The number of ether oxygens (including phenoxy) is 4. The van der Waals surface area contributed by atoms with Crippen LogP contribution in [-0.4, -0.2) is 116 Å². The molecule has 0 spiro atoms. The van der Waals surface area contributed by atoms with Gasteiger partial charge >= 0.3 is 21.1 Å². The summed E-state index contributed by atoms with van der Waals surface area (Å²) in [7, 11) is -10.1. The molecular formula is C84H180MoO4S8. The average Bonchev–Trinajstić information content (AvgIpc) is 3.07. The van der Waals surface area contributed by atoms with Crippen molar-refractivity contribution in [1.29, 1.82) is 0 Å². The first-order valence-electron chi connectivity index (χ1n) is 36.5. The summed E-state index contributed by atoms with van der Waals surface area (Å²) in [5, 5.41) is 0. The van der Waals surface area contributed by atoms with E-state index in [-0.39, 0.29) is 119 Å². The van der Waals surface area contributed by atoms with Crippen LogP contribution < -0.4 is 0 Å². The third kappa shape index (κ3) is 15.2. The Morgan fingerprint density at radius 1 is 0.144 bits per heavy atom. The maximum Gasteiger partial charge on any atom is 4.00 e. The van der Waals surface area contributed by atoms with Gasteiger partial charge in [0.15, 0.2) is 0 Å². The van der Waals surface area contributed by atoms with Gasteiger partial charge in [0.1, 0.15) is 0 Å². The minimum Gasteiger partial charge on any atom is -0.726 e.